The molecule has 0 radical (unpaired) electrons. The van der Waals surface area contributed by atoms with Crippen LogP contribution in [0.25, 0.3) is 5.52 Å². The molecular weight excluding hydrogens is 285 g/mol. The van der Waals surface area contributed by atoms with E-state index in [0.717, 1.165) is 11.1 Å². The van der Waals surface area contributed by atoms with Crippen molar-refractivity contribution in [2.24, 2.45) is 0 Å². The van der Waals surface area contributed by atoms with E-state index in [2.05, 4.69) is 10.4 Å². The number of nitrogens with one attached hydrogen (secondary N) is 1. The molecule has 0 bridgehead atoms. The van der Waals surface area contributed by atoms with Crippen LogP contribution < -0.4 is 10.1 Å². The number of benzene rings is 1. The number of hydrogen-bond acceptors (Lipinski definition) is 3. The van der Waals surface area contributed by atoms with Crippen molar-refractivity contribution in [1.29, 1.82) is 0 Å². The van der Waals surface area contributed by atoms with Gasteiger partial charge in [-0.3, -0.25) is 4.79 Å². The van der Waals surface area contributed by atoms with Crippen LogP contribution in [0.3, 0.4) is 0 Å². The Hall–Kier alpha value is -2.89. The van der Waals surface area contributed by atoms with Gasteiger partial charge in [0.25, 0.3) is 5.91 Å². The molecule has 5 nitrogen and oxygen atoms in total. The van der Waals surface area contributed by atoms with Crippen LogP contribution in [0.4, 0.5) is 4.39 Å². The minimum absolute atomic E-state index is 0.120. The highest BCUT2D eigenvalue weighted by Crippen LogP contribution is 2.11. The van der Waals surface area contributed by atoms with Gasteiger partial charge in [0.05, 0.1) is 11.7 Å². The predicted molar refractivity (Wildman–Crippen MR) is 78.9 cm³/mol. The molecule has 0 fully saturated rings. The SMILES string of the molecule is O=C(COc1ccc(F)cc1)NCc1cnn2ccccc12. The van der Waals surface area contributed by atoms with Crippen molar-refractivity contribution in [3.63, 3.8) is 0 Å². The number of amides is 1. The molecular formula is C16H14FN3O2. The Morgan fingerprint density at radius 1 is 1.23 bits per heavy atom. The van der Waals surface area contributed by atoms with Crippen molar-refractivity contribution in [3.8, 4) is 5.75 Å². The molecule has 0 saturated heterocycles. The van der Waals surface area contributed by atoms with Crippen molar-refractivity contribution in [3.05, 3.63) is 66.2 Å². The first-order chi connectivity index (χ1) is 10.7. The molecule has 1 amide bonds. The fraction of sp³-hybridized carbons (Fsp3) is 0.125. The fourth-order valence-electron chi connectivity index (χ4n) is 2.05. The number of halogens is 1. The number of rotatable bonds is 5. The third-order valence-corrected chi connectivity index (χ3v) is 3.17. The van der Waals surface area contributed by atoms with Gasteiger partial charge in [0.15, 0.2) is 6.61 Å². The highest BCUT2D eigenvalue weighted by Gasteiger charge is 2.06. The molecule has 0 unspecified atom stereocenters. The number of fused-ring (bicyclic) bond motifs is 1. The maximum absolute atomic E-state index is 12.7. The molecule has 1 N–H and O–H groups in total. The first kappa shape index (κ1) is 14.1. The van der Waals surface area contributed by atoms with Crippen molar-refractivity contribution >= 4 is 11.4 Å². The van der Waals surface area contributed by atoms with Crippen LogP contribution in [-0.2, 0) is 11.3 Å². The van der Waals surface area contributed by atoms with Crippen molar-refractivity contribution < 1.29 is 13.9 Å². The van der Waals surface area contributed by atoms with E-state index in [1.54, 1.807) is 10.7 Å². The summed E-state index contributed by atoms with van der Waals surface area (Å²) in [7, 11) is 0. The molecule has 2 aromatic heterocycles. The summed E-state index contributed by atoms with van der Waals surface area (Å²) in [6.07, 6.45) is 3.56. The monoisotopic (exact) mass is 299 g/mol. The average Bonchev–Trinajstić information content (AvgIpc) is 2.96. The van der Waals surface area contributed by atoms with E-state index < -0.39 is 0 Å². The maximum Gasteiger partial charge on any atom is 0.258 e. The number of carbonyl (C=O) groups is 1. The second-order valence-electron chi connectivity index (χ2n) is 4.72. The first-order valence-corrected chi connectivity index (χ1v) is 6.79. The second kappa shape index (κ2) is 6.26. The molecule has 0 aliphatic heterocycles. The van der Waals surface area contributed by atoms with E-state index in [9.17, 15) is 9.18 Å². The van der Waals surface area contributed by atoms with Crippen LogP contribution >= 0.6 is 0 Å². The van der Waals surface area contributed by atoms with Gasteiger partial charge < -0.3 is 10.1 Å². The quantitative estimate of drug-likeness (QED) is 0.785. The number of aromatic nitrogens is 2. The van der Waals surface area contributed by atoms with E-state index in [0.29, 0.717) is 12.3 Å². The van der Waals surface area contributed by atoms with E-state index in [4.69, 9.17) is 4.74 Å². The predicted octanol–water partition coefficient (Wildman–Crippen LogP) is 2.17. The van der Waals surface area contributed by atoms with Gasteiger partial charge in [-0.25, -0.2) is 8.91 Å². The lowest BCUT2D eigenvalue weighted by Crippen LogP contribution is -2.28. The zero-order chi connectivity index (χ0) is 15.4. The van der Waals surface area contributed by atoms with E-state index >= 15 is 0 Å². The number of nitrogens with zero attached hydrogens (tertiary/aromatic N) is 2. The highest BCUT2D eigenvalue weighted by molar-refractivity contribution is 5.77. The zero-order valence-electron chi connectivity index (χ0n) is 11.7. The summed E-state index contributed by atoms with van der Waals surface area (Å²) in [5.74, 6) is -0.142. The molecule has 0 saturated carbocycles. The summed E-state index contributed by atoms with van der Waals surface area (Å²) >= 11 is 0. The van der Waals surface area contributed by atoms with Crippen LogP contribution in [-0.4, -0.2) is 22.1 Å². The van der Waals surface area contributed by atoms with Crippen molar-refractivity contribution in [2.45, 2.75) is 6.54 Å². The maximum atomic E-state index is 12.7. The standard InChI is InChI=1S/C16H14FN3O2/c17-13-4-6-14(7-5-13)22-11-16(21)18-9-12-10-19-20-8-2-1-3-15(12)20/h1-8,10H,9,11H2,(H,18,21). The Bertz CT molecular complexity index is 783. The van der Waals surface area contributed by atoms with E-state index in [-0.39, 0.29) is 18.3 Å². The average molecular weight is 299 g/mol. The van der Waals surface area contributed by atoms with Gasteiger partial charge >= 0.3 is 0 Å². The summed E-state index contributed by atoms with van der Waals surface area (Å²) in [6.45, 7) is 0.254. The van der Waals surface area contributed by atoms with E-state index in [1.165, 1.54) is 24.3 Å². The van der Waals surface area contributed by atoms with Crippen molar-refractivity contribution in [1.82, 2.24) is 14.9 Å². The topological polar surface area (TPSA) is 55.6 Å². The summed E-state index contributed by atoms with van der Waals surface area (Å²) in [6, 6.07) is 11.3. The van der Waals surface area contributed by atoms with Gasteiger partial charge in [-0.15, -0.1) is 0 Å². The molecule has 0 aliphatic carbocycles. The summed E-state index contributed by atoms with van der Waals surface area (Å²) < 4.78 is 19.8. The molecule has 22 heavy (non-hydrogen) atoms. The van der Waals surface area contributed by atoms with Crippen LogP contribution in [0.15, 0.2) is 54.9 Å². The van der Waals surface area contributed by atoms with E-state index in [1.807, 2.05) is 24.4 Å². The largest absolute Gasteiger partial charge is 0.484 e. The third kappa shape index (κ3) is 3.22. The molecule has 6 heteroatoms. The third-order valence-electron chi connectivity index (χ3n) is 3.17. The Labute approximate surface area is 126 Å². The summed E-state index contributed by atoms with van der Waals surface area (Å²) in [5, 5.41) is 6.96. The van der Waals surface area contributed by atoms with Gasteiger partial charge in [-0.2, -0.15) is 5.10 Å². The molecule has 0 atom stereocenters. The molecule has 0 aliphatic rings. The number of ether oxygens (including phenoxy) is 1. The summed E-state index contributed by atoms with van der Waals surface area (Å²) in [4.78, 5) is 11.8. The lowest BCUT2D eigenvalue weighted by Gasteiger charge is -2.07. The Morgan fingerprint density at radius 2 is 2.05 bits per heavy atom. The first-order valence-electron chi connectivity index (χ1n) is 6.79. The zero-order valence-corrected chi connectivity index (χ0v) is 11.7. The Balaban J connectivity index is 1.53. The lowest BCUT2D eigenvalue weighted by atomic mass is 10.2. The van der Waals surface area contributed by atoms with Gasteiger partial charge in [0.1, 0.15) is 11.6 Å². The minimum Gasteiger partial charge on any atom is -0.484 e. The van der Waals surface area contributed by atoms with Crippen LogP contribution in [0, 0.1) is 5.82 Å². The Morgan fingerprint density at radius 3 is 2.86 bits per heavy atom. The van der Waals surface area contributed by atoms with Crippen LogP contribution in [0.2, 0.25) is 0 Å². The summed E-state index contributed by atoms with van der Waals surface area (Å²) in [5.41, 5.74) is 1.87. The molecule has 1 aromatic carbocycles. The molecule has 3 rings (SSSR count). The molecule has 3 aromatic rings. The lowest BCUT2D eigenvalue weighted by molar-refractivity contribution is -0.123. The van der Waals surface area contributed by atoms with Crippen LogP contribution in [0.1, 0.15) is 5.56 Å². The Kier molecular flexibility index (Phi) is 4.00. The van der Waals surface area contributed by atoms with Crippen molar-refractivity contribution in [2.75, 3.05) is 6.61 Å². The van der Waals surface area contributed by atoms with Gasteiger partial charge in [0, 0.05) is 18.3 Å². The van der Waals surface area contributed by atoms with Gasteiger partial charge in [-0.1, -0.05) is 6.07 Å². The van der Waals surface area contributed by atoms with Gasteiger partial charge in [0.2, 0.25) is 0 Å². The second-order valence-corrected chi connectivity index (χ2v) is 4.72. The van der Waals surface area contributed by atoms with Crippen LogP contribution in [0.5, 0.6) is 5.75 Å². The normalized spacial score (nSPS) is 10.6. The number of hydrogen-bond donors (Lipinski definition) is 1. The number of carbonyl (C=O) groups excluding carboxylic acids is 1. The minimum atomic E-state index is -0.343. The smallest absolute Gasteiger partial charge is 0.258 e. The number of pyridine rings is 1. The highest BCUT2D eigenvalue weighted by atomic mass is 19.1. The van der Waals surface area contributed by atoms with Gasteiger partial charge in [-0.05, 0) is 36.4 Å². The molecule has 2 heterocycles. The molecule has 112 valence electrons. The molecule has 0 spiro atoms. The fourth-order valence-corrected chi connectivity index (χ4v) is 2.05.